The summed E-state index contributed by atoms with van der Waals surface area (Å²) in [5, 5.41) is 1.20. The van der Waals surface area contributed by atoms with Crippen LogP contribution in [0.3, 0.4) is 0 Å². The molecule has 3 aromatic rings. The summed E-state index contributed by atoms with van der Waals surface area (Å²) in [5.41, 5.74) is 1.47. The summed E-state index contributed by atoms with van der Waals surface area (Å²) >= 11 is 12.8. The molecule has 3 amide bonds. The summed E-state index contributed by atoms with van der Waals surface area (Å²) in [6.07, 6.45) is 1.06. The normalized spacial score (nSPS) is 21.2. The number of carbonyl (C=O) groups is 2. The number of halogens is 2. The minimum absolute atomic E-state index is 0.0605. The van der Waals surface area contributed by atoms with Gasteiger partial charge in [0.25, 0.3) is 0 Å². The van der Waals surface area contributed by atoms with Crippen LogP contribution in [0.25, 0.3) is 0 Å². The molecule has 0 aliphatic carbocycles. The molecule has 0 aromatic heterocycles. The van der Waals surface area contributed by atoms with Crippen LogP contribution in [0, 0.1) is 0 Å². The van der Waals surface area contributed by atoms with E-state index in [9.17, 15) is 9.59 Å². The van der Waals surface area contributed by atoms with Gasteiger partial charge in [0.1, 0.15) is 22.7 Å². The van der Waals surface area contributed by atoms with Crippen molar-refractivity contribution in [2.45, 2.75) is 90.0 Å². The maximum absolute atomic E-state index is 15.2. The fourth-order valence-corrected chi connectivity index (χ4v) is 8.43. The Hall–Kier alpha value is -3.37. The number of carbonyl (C=O) groups excluding carboxylic acids is 2. The molecule has 8 nitrogen and oxygen atoms in total. The molecule has 0 unspecified atom stereocenters. The number of rotatable bonds is 9. The Kier molecular flexibility index (Phi) is 11.4. The zero-order valence-corrected chi connectivity index (χ0v) is 33.7. The third kappa shape index (κ3) is 8.02. The molecule has 5 rings (SSSR count). The Morgan fingerprint density at radius 2 is 1.43 bits per heavy atom. The lowest BCUT2D eigenvalue weighted by atomic mass is 9.71. The Balaban J connectivity index is 1.61. The van der Waals surface area contributed by atoms with E-state index in [4.69, 9.17) is 32.9 Å². The van der Waals surface area contributed by atoms with Gasteiger partial charge < -0.3 is 19.3 Å². The van der Waals surface area contributed by atoms with Crippen LogP contribution in [-0.2, 0) is 21.3 Å². The quantitative estimate of drug-likeness (QED) is 0.222. The highest BCUT2D eigenvalue weighted by Gasteiger charge is 2.60. The van der Waals surface area contributed by atoms with E-state index in [0.29, 0.717) is 73.3 Å². The van der Waals surface area contributed by atoms with Gasteiger partial charge in [0.15, 0.2) is 8.32 Å². The molecule has 3 aromatic carbocycles. The minimum atomic E-state index is -2.22. The number of benzene rings is 3. The number of piperazine rings is 1. The summed E-state index contributed by atoms with van der Waals surface area (Å²) < 4.78 is 6.31. The van der Waals surface area contributed by atoms with Gasteiger partial charge in [-0.25, -0.2) is 4.79 Å². The second kappa shape index (κ2) is 14.9. The van der Waals surface area contributed by atoms with Crippen molar-refractivity contribution < 1.29 is 19.1 Å². The minimum Gasteiger partial charge on any atom is -0.493 e. The molecule has 2 aliphatic heterocycles. The molecule has 2 atom stereocenters. The third-order valence-corrected chi connectivity index (χ3v) is 12.5. The lowest BCUT2D eigenvalue weighted by Crippen LogP contribution is -2.61. The van der Waals surface area contributed by atoms with Crippen LogP contribution in [0.2, 0.25) is 29.2 Å². The first-order valence-electron chi connectivity index (χ1n) is 17.9. The number of hydrogen-bond donors (Lipinski definition) is 1. The molecular formula is C40H52Cl2N4O4Si. The average Bonchev–Trinajstić information content (AvgIpc) is 3.32. The van der Waals surface area contributed by atoms with E-state index in [-0.39, 0.29) is 17.4 Å². The first kappa shape index (κ1) is 38.8. The van der Waals surface area contributed by atoms with E-state index in [0.717, 1.165) is 22.3 Å². The number of nitrogens with zero attached hydrogens (tertiary/aromatic N) is 4. The molecule has 2 aliphatic rings. The second-order valence-corrected chi connectivity index (χ2v) is 20.6. The van der Waals surface area contributed by atoms with Gasteiger partial charge in [0.2, 0.25) is 5.91 Å². The first-order chi connectivity index (χ1) is 23.9. The Morgan fingerprint density at radius 3 is 1.96 bits per heavy atom. The van der Waals surface area contributed by atoms with Gasteiger partial charge in [-0.1, -0.05) is 74.3 Å². The molecule has 0 saturated carbocycles. The SMILES string of the molecule is CCOc1cc(C(C)(C)C)ccc1C1=N[C@@](C)(c2ccc(Cl)cc2)[C@@](C)(c2ccc(Cl)cc2)N1C(=O)N1CCN(C(=O)CCC[Si](C)(C)O)CC1. The number of urea groups is 1. The Morgan fingerprint density at radius 1 is 0.882 bits per heavy atom. The van der Waals surface area contributed by atoms with Crippen LogP contribution < -0.4 is 4.74 Å². The molecule has 0 bridgehead atoms. The van der Waals surface area contributed by atoms with E-state index in [1.807, 2.05) is 89.3 Å². The van der Waals surface area contributed by atoms with E-state index >= 15 is 4.79 Å². The molecule has 274 valence electrons. The number of amidine groups is 1. The molecule has 11 heteroatoms. The second-order valence-electron chi connectivity index (χ2n) is 15.6. The highest BCUT2D eigenvalue weighted by Crippen LogP contribution is 2.54. The fraction of sp³-hybridized carbons (Fsp3) is 0.475. The van der Waals surface area contributed by atoms with Crippen LogP contribution in [0.1, 0.15) is 76.6 Å². The van der Waals surface area contributed by atoms with Gasteiger partial charge in [-0.2, -0.15) is 0 Å². The molecule has 2 heterocycles. The van der Waals surface area contributed by atoms with Crippen molar-refractivity contribution in [2.75, 3.05) is 32.8 Å². The Bertz CT molecular complexity index is 1760. The monoisotopic (exact) mass is 750 g/mol. The van der Waals surface area contributed by atoms with Crippen LogP contribution in [0.5, 0.6) is 5.75 Å². The molecule has 1 N–H and O–H groups in total. The summed E-state index contributed by atoms with van der Waals surface area (Å²) in [6.45, 7) is 18.4. The van der Waals surface area contributed by atoms with E-state index < -0.39 is 19.4 Å². The summed E-state index contributed by atoms with van der Waals surface area (Å²) in [7, 11) is -2.22. The Labute approximate surface area is 314 Å². The van der Waals surface area contributed by atoms with Gasteiger partial charge in [0, 0.05) is 42.6 Å². The van der Waals surface area contributed by atoms with Crippen molar-refractivity contribution in [3.63, 3.8) is 0 Å². The van der Waals surface area contributed by atoms with Gasteiger partial charge in [-0.15, -0.1) is 0 Å². The first-order valence-corrected chi connectivity index (χ1v) is 21.8. The molecule has 0 radical (unpaired) electrons. The molecule has 51 heavy (non-hydrogen) atoms. The van der Waals surface area contributed by atoms with Crippen molar-refractivity contribution in [1.29, 1.82) is 0 Å². The van der Waals surface area contributed by atoms with Crippen LogP contribution >= 0.6 is 23.2 Å². The highest BCUT2D eigenvalue weighted by molar-refractivity contribution is 6.69. The summed E-state index contributed by atoms with van der Waals surface area (Å²) in [4.78, 5) is 49.6. The van der Waals surface area contributed by atoms with E-state index in [1.54, 1.807) is 0 Å². The van der Waals surface area contributed by atoms with Gasteiger partial charge in [-0.3, -0.25) is 14.7 Å². The van der Waals surface area contributed by atoms with Crippen molar-refractivity contribution in [1.82, 2.24) is 14.7 Å². The average molecular weight is 752 g/mol. The molecule has 1 fully saturated rings. The third-order valence-electron chi connectivity index (χ3n) is 10.4. The van der Waals surface area contributed by atoms with Gasteiger partial charge in [-0.05, 0) is 105 Å². The van der Waals surface area contributed by atoms with Crippen molar-refractivity contribution in [2.24, 2.45) is 4.99 Å². The largest absolute Gasteiger partial charge is 0.493 e. The zero-order valence-electron chi connectivity index (χ0n) is 31.2. The summed E-state index contributed by atoms with van der Waals surface area (Å²) in [6, 6.07) is 21.9. The lowest BCUT2D eigenvalue weighted by molar-refractivity contribution is -0.132. The summed E-state index contributed by atoms with van der Waals surface area (Å²) in [5.74, 6) is 1.23. The zero-order chi connectivity index (χ0) is 37.4. The van der Waals surface area contributed by atoms with E-state index in [2.05, 4.69) is 46.8 Å². The predicted octanol–water partition coefficient (Wildman–Crippen LogP) is 8.82. The fourth-order valence-electron chi connectivity index (χ4n) is 7.13. The number of ether oxygens (including phenoxy) is 1. The van der Waals surface area contributed by atoms with Crippen molar-refractivity contribution in [3.8, 4) is 5.75 Å². The van der Waals surface area contributed by atoms with Gasteiger partial charge >= 0.3 is 6.03 Å². The van der Waals surface area contributed by atoms with E-state index in [1.165, 1.54) is 0 Å². The van der Waals surface area contributed by atoms with Crippen LogP contribution in [0.4, 0.5) is 4.79 Å². The molecule has 1 saturated heterocycles. The number of hydrogen-bond acceptors (Lipinski definition) is 5. The van der Waals surface area contributed by atoms with Crippen molar-refractivity contribution >= 4 is 49.3 Å². The molecule has 0 spiro atoms. The maximum Gasteiger partial charge on any atom is 0.326 e. The van der Waals surface area contributed by atoms with Crippen LogP contribution in [-0.4, -0.2) is 78.4 Å². The topological polar surface area (TPSA) is 85.7 Å². The predicted molar refractivity (Wildman–Crippen MR) is 210 cm³/mol. The maximum atomic E-state index is 15.2. The van der Waals surface area contributed by atoms with Crippen molar-refractivity contribution in [3.05, 3.63) is 99.0 Å². The van der Waals surface area contributed by atoms with Crippen LogP contribution in [0.15, 0.2) is 71.7 Å². The number of aliphatic imine (C=N–C) groups is 1. The molecular weight excluding hydrogens is 699 g/mol. The highest BCUT2D eigenvalue weighted by atomic mass is 35.5. The smallest absolute Gasteiger partial charge is 0.326 e. The number of amides is 3. The lowest BCUT2D eigenvalue weighted by Gasteiger charge is -2.47. The van der Waals surface area contributed by atoms with Gasteiger partial charge in [0.05, 0.1) is 12.2 Å². The standard InChI is InChI=1S/C40H52Cl2N4O4Si/c1-9-50-34-27-30(38(2,3)4)16-21-33(34)36-43-39(5,28-12-17-31(41)18-13-28)40(6,29-14-19-32(42)20-15-29)46(36)37(48)45-24-22-44(23-25-45)35(47)11-10-26-51(7,8)49/h12-21,27,49H,9-11,22-26H2,1-8H3/t39-,40+/m0/s1.